The highest BCUT2D eigenvalue weighted by Gasteiger charge is 2.69. The Morgan fingerprint density at radius 2 is 1.25 bits per heavy atom. The monoisotopic (exact) mass is 801 g/mol. The van der Waals surface area contributed by atoms with Gasteiger partial charge >= 0.3 is 24.1 Å². The second kappa shape index (κ2) is 20.2. The number of carbonyl (C=O) groups is 5. The number of rotatable bonds is 16. The molecular formula is C41H50F3N3O10. The van der Waals surface area contributed by atoms with Crippen molar-refractivity contribution in [1.29, 1.82) is 0 Å². The van der Waals surface area contributed by atoms with E-state index in [-0.39, 0.29) is 11.8 Å². The third-order valence-corrected chi connectivity index (χ3v) is 9.62. The molecule has 0 saturated carbocycles. The summed E-state index contributed by atoms with van der Waals surface area (Å²) >= 11 is 0. The zero-order valence-corrected chi connectivity index (χ0v) is 32.3. The largest absolute Gasteiger partial charge is 0.484 e. The normalized spacial score (nSPS) is 15.9. The molecule has 1 saturated heterocycles. The van der Waals surface area contributed by atoms with Crippen molar-refractivity contribution in [2.24, 2.45) is 5.92 Å². The number of aliphatic hydroxyl groups is 2. The molecule has 3 atom stereocenters. The van der Waals surface area contributed by atoms with E-state index in [0.717, 1.165) is 81.7 Å². The molecule has 4 N–H and O–H groups in total. The number of carboxylic acid groups (broad SMARTS) is 2. The van der Waals surface area contributed by atoms with Gasteiger partial charge in [0.1, 0.15) is 5.75 Å². The van der Waals surface area contributed by atoms with Gasteiger partial charge in [-0.05, 0) is 62.8 Å². The standard InChI is InChI=1S/C23H36F3N3O2.C18H14O8/c1-5-12-29(16-20-10-13-28(14-11-20)22(30)27(3)4)18(2)15-19-6-8-21(9-7-19)31-17-23(24,25)26;19-13(11-7-3-1-4-8-11)17(25,15(21)22)18(26,16(23)24)14(20)12-9-5-2-6-10-12/h6-9,18,20H,5,10-17H2,1-4H3;1-10,25-26H,(H,21,22)(H,23,24). The molecule has 0 radical (unpaired) electrons. The van der Waals surface area contributed by atoms with E-state index in [1.54, 1.807) is 31.1 Å². The number of urea groups is 1. The number of alkyl halides is 3. The molecule has 0 aliphatic carbocycles. The summed E-state index contributed by atoms with van der Waals surface area (Å²) in [6.45, 7) is 6.71. The number of aliphatic carboxylic acids is 2. The summed E-state index contributed by atoms with van der Waals surface area (Å²) in [5.41, 5.74) is -7.60. The zero-order valence-electron chi connectivity index (χ0n) is 32.3. The maximum absolute atomic E-state index is 12.6. The average molecular weight is 802 g/mol. The Kier molecular flexibility index (Phi) is 16.3. The lowest BCUT2D eigenvalue weighted by Gasteiger charge is -2.37. The number of ketones is 2. The molecule has 3 aromatic carbocycles. The highest BCUT2D eigenvalue weighted by Crippen LogP contribution is 2.32. The molecule has 1 heterocycles. The van der Waals surface area contributed by atoms with Gasteiger partial charge in [0.15, 0.2) is 6.61 Å². The fourth-order valence-corrected chi connectivity index (χ4v) is 6.49. The van der Waals surface area contributed by atoms with Crippen LogP contribution in [-0.2, 0) is 16.0 Å². The van der Waals surface area contributed by atoms with Crippen molar-refractivity contribution < 1.29 is 62.3 Å². The molecule has 4 rings (SSSR count). The molecule has 310 valence electrons. The number of benzene rings is 3. The summed E-state index contributed by atoms with van der Waals surface area (Å²) in [7, 11) is 3.57. The summed E-state index contributed by atoms with van der Waals surface area (Å²) in [4.78, 5) is 66.7. The summed E-state index contributed by atoms with van der Waals surface area (Å²) in [6, 6.07) is 20.1. The maximum atomic E-state index is 12.6. The molecule has 0 spiro atoms. The Morgan fingerprint density at radius 3 is 1.63 bits per heavy atom. The van der Waals surface area contributed by atoms with Crippen molar-refractivity contribution in [3.63, 3.8) is 0 Å². The quantitative estimate of drug-likeness (QED) is 0.112. The molecule has 1 fully saturated rings. The van der Waals surface area contributed by atoms with E-state index in [0.29, 0.717) is 12.0 Å². The maximum Gasteiger partial charge on any atom is 0.422 e. The Morgan fingerprint density at radius 1 is 0.789 bits per heavy atom. The third kappa shape index (κ3) is 11.8. The number of nitrogens with zero attached hydrogens (tertiary/aromatic N) is 3. The van der Waals surface area contributed by atoms with Gasteiger partial charge in [0.05, 0.1) is 0 Å². The molecule has 57 heavy (non-hydrogen) atoms. The Bertz CT molecular complexity index is 1730. The van der Waals surface area contributed by atoms with Gasteiger partial charge in [-0.1, -0.05) is 79.7 Å². The number of halogens is 3. The second-order valence-electron chi connectivity index (χ2n) is 14.1. The number of carboxylic acids is 2. The Labute approximate surface area is 329 Å². The predicted molar refractivity (Wildman–Crippen MR) is 203 cm³/mol. The van der Waals surface area contributed by atoms with Gasteiger partial charge in [0, 0.05) is 50.9 Å². The van der Waals surface area contributed by atoms with Crippen molar-refractivity contribution >= 4 is 29.5 Å². The van der Waals surface area contributed by atoms with Gasteiger partial charge in [-0.3, -0.25) is 9.59 Å². The van der Waals surface area contributed by atoms with E-state index in [9.17, 15) is 57.6 Å². The first-order valence-corrected chi connectivity index (χ1v) is 18.4. The van der Waals surface area contributed by atoms with E-state index in [2.05, 4.69) is 18.7 Å². The van der Waals surface area contributed by atoms with Gasteiger partial charge < -0.3 is 39.9 Å². The van der Waals surface area contributed by atoms with Crippen molar-refractivity contribution in [3.8, 4) is 5.75 Å². The van der Waals surface area contributed by atoms with Crippen molar-refractivity contribution in [2.75, 3.05) is 46.9 Å². The van der Waals surface area contributed by atoms with E-state index in [1.165, 1.54) is 36.4 Å². The molecule has 16 heteroatoms. The SMILES string of the molecule is CCCN(CC1CCN(C(=O)N(C)C)CC1)C(C)Cc1ccc(OCC(F)(F)F)cc1.O=C(O)C(O)(C(=O)c1ccccc1)C(O)(C(=O)O)C(=O)c1ccccc1. The minimum Gasteiger partial charge on any atom is -0.484 e. The summed E-state index contributed by atoms with van der Waals surface area (Å²) in [6.07, 6.45) is -0.413. The molecule has 3 unspecified atom stereocenters. The number of likely N-dealkylation sites (tertiary alicyclic amines) is 1. The van der Waals surface area contributed by atoms with Crippen LogP contribution in [0.4, 0.5) is 18.0 Å². The molecule has 2 amide bonds. The topological polar surface area (TPSA) is 185 Å². The number of amides is 2. The molecular weight excluding hydrogens is 751 g/mol. The first-order chi connectivity index (χ1) is 26.8. The fourth-order valence-electron chi connectivity index (χ4n) is 6.49. The number of ether oxygens (including phenoxy) is 1. The minimum absolute atomic E-state index is 0.0832. The molecule has 13 nitrogen and oxygen atoms in total. The predicted octanol–water partition coefficient (Wildman–Crippen LogP) is 5.05. The molecule has 1 aliphatic heterocycles. The molecule has 0 bridgehead atoms. The van der Waals surface area contributed by atoms with E-state index >= 15 is 0 Å². The van der Waals surface area contributed by atoms with Gasteiger partial charge in [0.2, 0.25) is 11.6 Å². The zero-order chi connectivity index (χ0) is 42.6. The first kappa shape index (κ1) is 46.1. The molecule has 0 aromatic heterocycles. The van der Waals surface area contributed by atoms with E-state index in [4.69, 9.17) is 4.74 Å². The van der Waals surface area contributed by atoms with E-state index in [1.807, 2.05) is 17.0 Å². The summed E-state index contributed by atoms with van der Waals surface area (Å²) in [5.74, 6) is -7.22. The third-order valence-electron chi connectivity index (χ3n) is 9.62. The fraction of sp³-hybridized carbons (Fsp3) is 0.439. The van der Waals surface area contributed by atoms with Gasteiger partial charge in [-0.15, -0.1) is 0 Å². The van der Waals surface area contributed by atoms with Gasteiger partial charge in [-0.25, -0.2) is 14.4 Å². The number of hydrogen-bond acceptors (Lipinski definition) is 9. The van der Waals surface area contributed by atoms with Crippen LogP contribution in [0.2, 0.25) is 0 Å². The van der Waals surface area contributed by atoms with Crippen LogP contribution in [0.3, 0.4) is 0 Å². The minimum atomic E-state index is -4.33. The molecule has 3 aromatic rings. The lowest BCUT2D eigenvalue weighted by Crippen LogP contribution is -2.71. The lowest BCUT2D eigenvalue weighted by molar-refractivity contribution is -0.187. The van der Waals surface area contributed by atoms with Crippen molar-refractivity contribution in [3.05, 3.63) is 102 Å². The van der Waals surface area contributed by atoms with Crippen LogP contribution in [0.1, 0.15) is 59.4 Å². The molecule has 1 aliphatic rings. The Balaban J connectivity index is 0.000000310. The number of Topliss-reactive ketones (excluding diaryl/α,β-unsaturated/α-hetero) is 2. The highest BCUT2D eigenvalue weighted by atomic mass is 19.4. The van der Waals surface area contributed by atoms with Crippen LogP contribution in [-0.4, -0.2) is 135 Å². The van der Waals surface area contributed by atoms with Crippen LogP contribution < -0.4 is 4.74 Å². The first-order valence-electron chi connectivity index (χ1n) is 18.4. The van der Waals surface area contributed by atoms with Crippen molar-refractivity contribution in [2.45, 2.75) is 63.0 Å². The summed E-state index contributed by atoms with van der Waals surface area (Å²) < 4.78 is 41.7. The van der Waals surface area contributed by atoms with E-state index < -0.39 is 58.6 Å². The van der Waals surface area contributed by atoms with Crippen LogP contribution in [0.25, 0.3) is 0 Å². The number of piperidine rings is 1. The van der Waals surface area contributed by atoms with Crippen LogP contribution in [0.5, 0.6) is 5.75 Å². The summed E-state index contributed by atoms with van der Waals surface area (Å²) in [5, 5.41) is 39.9. The van der Waals surface area contributed by atoms with Crippen molar-refractivity contribution in [1.82, 2.24) is 14.7 Å². The van der Waals surface area contributed by atoms with Gasteiger partial charge in [0.25, 0.3) is 11.2 Å². The lowest BCUT2D eigenvalue weighted by atomic mass is 9.73. The Hall–Kier alpha value is -5.32. The number of hydrogen-bond donors (Lipinski definition) is 4. The second-order valence-corrected chi connectivity index (χ2v) is 14.1. The smallest absolute Gasteiger partial charge is 0.422 e. The van der Waals surface area contributed by atoms with Crippen LogP contribution in [0, 0.1) is 5.92 Å². The van der Waals surface area contributed by atoms with Crippen LogP contribution >= 0.6 is 0 Å². The average Bonchev–Trinajstić information content (AvgIpc) is 3.19. The van der Waals surface area contributed by atoms with Crippen LogP contribution in [0.15, 0.2) is 84.9 Å². The highest BCUT2D eigenvalue weighted by molar-refractivity contribution is 6.28. The van der Waals surface area contributed by atoms with Gasteiger partial charge in [-0.2, -0.15) is 13.2 Å². The number of carbonyl (C=O) groups excluding carboxylic acids is 3.